The molecule has 0 saturated carbocycles. The van der Waals surface area contributed by atoms with Crippen LogP contribution in [0.25, 0.3) is 0 Å². The van der Waals surface area contributed by atoms with Crippen LogP contribution in [-0.2, 0) is 14.3 Å². The van der Waals surface area contributed by atoms with Gasteiger partial charge in [-0.1, -0.05) is 12.1 Å². The maximum atomic E-state index is 11.7. The Bertz CT molecular complexity index is 380. The van der Waals surface area contributed by atoms with Crippen LogP contribution >= 0.6 is 11.8 Å². The Morgan fingerprint density at radius 2 is 2.11 bits per heavy atom. The molecule has 1 amide bonds. The third kappa shape index (κ3) is 5.53. The van der Waals surface area contributed by atoms with Crippen LogP contribution in [0.2, 0.25) is 0 Å². The summed E-state index contributed by atoms with van der Waals surface area (Å²) in [6.07, 6.45) is -0.262. The van der Waals surface area contributed by atoms with Crippen molar-refractivity contribution in [1.82, 2.24) is 0 Å². The topological polar surface area (TPSA) is 47.6 Å². The van der Waals surface area contributed by atoms with E-state index in [2.05, 4.69) is 5.32 Å². The van der Waals surface area contributed by atoms with Crippen LogP contribution in [0, 0.1) is 6.92 Å². The average Bonchev–Trinajstić information content (AvgIpc) is 2.34. The maximum Gasteiger partial charge on any atom is 0.234 e. The van der Waals surface area contributed by atoms with Gasteiger partial charge in [0.2, 0.25) is 5.91 Å². The Morgan fingerprint density at radius 3 is 2.72 bits per heavy atom. The highest BCUT2D eigenvalue weighted by Gasteiger charge is 2.07. The zero-order chi connectivity index (χ0) is 13.4. The Hall–Kier alpha value is -1.04. The molecule has 0 atom stereocenters. The lowest BCUT2D eigenvalue weighted by atomic mass is 10.2. The van der Waals surface area contributed by atoms with Crippen LogP contribution in [0.3, 0.4) is 0 Å². The summed E-state index contributed by atoms with van der Waals surface area (Å²) >= 11 is 1.48. The fraction of sp³-hybridized carbons (Fsp3) is 0.462. The number of benzene rings is 1. The molecular weight excluding hydrogens is 250 g/mol. The van der Waals surface area contributed by atoms with Crippen LogP contribution in [0.1, 0.15) is 5.56 Å². The summed E-state index contributed by atoms with van der Waals surface area (Å²) in [6.45, 7) is 1.99. The SMILES string of the molecule is COC(CSCC(=O)Nc1cccc(C)c1)OC. The van der Waals surface area contributed by atoms with Gasteiger partial charge in [-0.2, -0.15) is 0 Å². The smallest absolute Gasteiger partial charge is 0.234 e. The van der Waals surface area contributed by atoms with Crippen molar-refractivity contribution in [2.45, 2.75) is 13.2 Å². The lowest BCUT2D eigenvalue weighted by Crippen LogP contribution is -2.19. The zero-order valence-electron chi connectivity index (χ0n) is 10.9. The molecule has 0 aromatic heterocycles. The molecule has 0 unspecified atom stereocenters. The second-order valence-corrected chi connectivity index (χ2v) is 4.86. The van der Waals surface area contributed by atoms with Crippen molar-refractivity contribution in [3.63, 3.8) is 0 Å². The molecule has 0 aliphatic rings. The van der Waals surface area contributed by atoms with E-state index in [1.165, 1.54) is 11.8 Å². The van der Waals surface area contributed by atoms with E-state index in [4.69, 9.17) is 9.47 Å². The minimum atomic E-state index is -0.262. The number of methoxy groups -OCH3 is 2. The standard InChI is InChI=1S/C13H19NO3S/c1-10-5-4-6-11(7-10)14-12(15)8-18-9-13(16-2)17-3/h4-7,13H,8-9H2,1-3H3,(H,14,15). The van der Waals surface area contributed by atoms with E-state index in [-0.39, 0.29) is 12.2 Å². The zero-order valence-corrected chi connectivity index (χ0v) is 11.8. The first kappa shape index (κ1) is 15.0. The van der Waals surface area contributed by atoms with E-state index in [0.717, 1.165) is 11.3 Å². The van der Waals surface area contributed by atoms with Crippen LogP contribution in [0.4, 0.5) is 5.69 Å². The lowest BCUT2D eigenvalue weighted by Gasteiger charge is -2.12. The Labute approximate surface area is 112 Å². The molecule has 1 rings (SSSR count). The van der Waals surface area contributed by atoms with Gasteiger partial charge < -0.3 is 14.8 Å². The first-order valence-electron chi connectivity index (χ1n) is 5.65. The normalized spacial score (nSPS) is 10.7. The van der Waals surface area contributed by atoms with Crippen LogP contribution in [0.5, 0.6) is 0 Å². The quantitative estimate of drug-likeness (QED) is 0.772. The molecule has 0 bridgehead atoms. The molecule has 0 radical (unpaired) electrons. The van der Waals surface area contributed by atoms with Crippen molar-refractivity contribution in [2.75, 3.05) is 31.0 Å². The number of carbonyl (C=O) groups is 1. The highest BCUT2D eigenvalue weighted by Crippen LogP contribution is 2.11. The van der Waals surface area contributed by atoms with Crippen molar-refractivity contribution in [2.24, 2.45) is 0 Å². The third-order valence-electron chi connectivity index (χ3n) is 2.31. The number of nitrogens with one attached hydrogen (secondary N) is 1. The van der Waals surface area contributed by atoms with Gasteiger partial charge in [0.25, 0.3) is 0 Å². The molecule has 0 saturated heterocycles. The van der Waals surface area contributed by atoms with Crippen molar-refractivity contribution in [3.05, 3.63) is 29.8 Å². The van der Waals surface area contributed by atoms with E-state index >= 15 is 0 Å². The number of hydrogen-bond donors (Lipinski definition) is 1. The molecule has 5 heteroatoms. The van der Waals surface area contributed by atoms with Gasteiger partial charge in [0, 0.05) is 25.7 Å². The Kier molecular flexibility index (Phi) is 6.78. The average molecular weight is 269 g/mol. The number of thioether (sulfide) groups is 1. The molecule has 0 spiro atoms. The van der Waals surface area contributed by atoms with Crippen molar-refractivity contribution >= 4 is 23.4 Å². The predicted octanol–water partition coefficient (Wildman–Crippen LogP) is 2.29. The molecule has 4 nitrogen and oxygen atoms in total. The molecule has 100 valence electrons. The van der Waals surface area contributed by atoms with Gasteiger partial charge in [0.15, 0.2) is 6.29 Å². The second-order valence-electron chi connectivity index (χ2n) is 3.83. The van der Waals surface area contributed by atoms with E-state index in [9.17, 15) is 4.79 Å². The summed E-state index contributed by atoms with van der Waals surface area (Å²) in [4.78, 5) is 11.7. The van der Waals surface area contributed by atoms with Crippen LogP contribution in [0.15, 0.2) is 24.3 Å². The maximum absolute atomic E-state index is 11.7. The summed E-state index contributed by atoms with van der Waals surface area (Å²) in [5, 5.41) is 2.85. The molecular formula is C13H19NO3S. The van der Waals surface area contributed by atoms with Crippen LogP contribution in [-0.4, -0.2) is 37.9 Å². The fourth-order valence-corrected chi connectivity index (χ4v) is 2.24. The summed E-state index contributed by atoms with van der Waals surface area (Å²) in [5.74, 6) is 1.00. The minimum Gasteiger partial charge on any atom is -0.355 e. The lowest BCUT2D eigenvalue weighted by molar-refractivity contribution is -0.113. The van der Waals surface area contributed by atoms with Gasteiger partial charge in [-0.3, -0.25) is 4.79 Å². The minimum absolute atomic E-state index is 0.0171. The van der Waals surface area contributed by atoms with Crippen molar-refractivity contribution < 1.29 is 14.3 Å². The summed E-state index contributed by atoms with van der Waals surface area (Å²) in [6, 6.07) is 7.73. The van der Waals surface area contributed by atoms with E-state index in [1.807, 2.05) is 31.2 Å². The molecule has 0 aliphatic heterocycles. The van der Waals surface area contributed by atoms with Gasteiger partial charge in [0.1, 0.15) is 0 Å². The molecule has 1 aromatic rings. The predicted molar refractivity (Wildman–Crippen MR) is 74.9 cm³/mol. The summed E-state index contributed by atoms with van der Waals surface area (Å²) in [7, 11) is 3.17. The number of ether oxygens (including phenoxy) is 2. The fourth-order valence-electron chi connectivity index (χ4n) is 1.40. The Morgan fingerprint density at radius 1 is 1.39 bits per heavy atom. The van der Waals surface area contributed by atoms with Crippen molar-refractivity contribution in [1.29, 1.82) is 0 Å². The first-order chi connectivity index (χ1) is 8.65. The summed E-state index contributed by atoms with van der Waals surface area (Å²) in [5.41, 5.74) is 1.95. The molecule has 1 N–H and O–H groups in total. The Balaban J connectivity index is 2.29. The van der Waals surface area contributed by atoms with E-state index in [1.54, 1.807) is 14.2 Å². The highest BCUT2D eigenvalue weighted by molar-refractivity contribution is 8.00. The number of carbonyl (C=O) groups excluding carboxylic acids is 1. The highest BCUT2D eigenvalue weighted by atomic mass is 32.2. The van der Waals surface area contributed by atoms with Gasteiger partial charge >= 0.3 is 0 Å². The molecule has 0 fully saturated rings. The number of aryl methyl sites for hydroxylation is 1. The molecule has 1 aromatic carbocycles. The van der Waals surface area contributed by atoms with Gasteiger partial charge in [-0.05, 0) is 24.6 Å². The van der Waals surface area contributed by atoms with Gasteiger partial charge in [0.05, 0.1) is 5.75 Å². The number of hydrogen-bond acceptors (Lipinski definition) is 4. The van der Waals surface area contributed by atoms with E-state index < -0.39 is 0 Å². The summed E-state index contributed by atoms with van der Waals surface area (Å²) < 4.78 is 10.1. The number of amides is 1. The first-order valence-corrected chi connectivity index (χ1v) is 6.81. The molecule has 0 heterocycles. The number of rotatable bonds is 7. The second kappa shape index (κ2) is 8.13. The van der Waals surface area contributed by atoms with Crippen molar-refractivity contribution in [3.8, 4) is 0 Å². The molecule has 18 heavy (non-hydrogen) atoms. The van der Waals surface area contributed by atoms with E-state index in [0.29, 0.717) is 11.5 Å². The molecule has 0 aliphatic carbocycles. The number of anilines is 1. The van der Waals surface area contributed by atoms with Gasteiger partial charge in [-0.15, -0.1) is 11.8 Å². The monoisotopic (exact) mass is 269 g/mol. The van der Waals surface area contributed by atoms with Crippen LogP contribution < -0.4 is 5.32 Å². The van der Waals surface area contributed by atoms with Gasteiger partial charge in [-0.25, -0.2) is 0 Å². The largest absolute Gasteiger partial charge is 0.355 e. The third-order valence-corrected chi connectivity index (χ3v) is 3.29.